The highest BCUT2D eigenvalue weighted by atomic mass is 32.2. The molecule has 17 heavy (non-hydrogen) atoms. The van der Waals surface area contributed by atoms with Gasteiger partial charge in [-0.3, -0.25) is 14.3 Å². The largest absolute Gasteiger partial charge is 0.378 e. The number of hydrogen-bond acceptors (Lipinski definition) is 4. The lowest BCUT2D eigenvalue weighted by Crippen LogP contribution is -2.13. The fourth-order valence-corrected chi connectivity index (χ4v) is 2.09. The van der Waals surface area contributed by atoms with E-state index in [1.54, 1.807) is 6.07 Å². The number of hydrogen-bond donors (Lipinski definition) is 1. The Morgan fingerprint density at radius 1 is 1.47 bits per heavy atom. The second-order valence-corrected chi connectivity index (χ2v) is 5.45. The quantitative estimate of drug-likeness (QED) is 0.624. The second kappa shape index (κ2) is 6.34. The van der Waals surface area contributed by atoms with Gasteiger partial charge in [-0.05, 0) is 12.5 Å². The maximum Gasteiger partial charge on any atom is 0.292 e. The molecule has 1 unspecified atom stereocenters. The number of anilines is 1. The highest BCUT2D eigenvalue weighted by Gasteiger charge is 2.14. The van der Waals surface area contributed by atoms with E-state index in [9.17, 15) is 14.3 Å². The number of nitro benzene ring substituents is 1. The summed E-state index contributed by atoms with van der Waals surface area (Å²) in [6.07, 6.45) is 0. The lowest BCUT2D eigenvalue weighted by Gasteiger charge is -2.09. The average Bonchev–Trinajstić information content (AvgIpc) is 2.30. The van der Waals surface area contributed by atoms with Gasteiger partial charge in [-0.2, -0.15) is 0 Å². The molecule has 0 aromatic heterocycles. The van der Waals surface area contributed by atoms with Gasteiger partial charge in [0.1, 0.15) is 5.69 Å². The predicted octanol–water partition coefficient (Wildman–Crippen LogP) is 2.08. The second-order valence-electron chi connectivity index (χ2n) is 3.59. The van der Waals surface area contributed by atoms with Crippen LogP contribution in [0.2, 0.25) is 0 Å². The summed E-state index contributed by atoms with van der Waals surface area (Å²) in [6, 6.07) is 4.93. The number of benzene rings is 1. The standard InChI is InChI=1S/C11H16N2O3S/c1-3-17(16)8-7-12-11-9(2)5-4-6-10(11)13(14)15/h4-6,12H,3,7-8H2,1-2H3. The maximum atomic E-state index is 11.2. The minimum absolute atomic E-state index is 0.0623. The molecule has 0 aliphatic rings. The third-order valence-corrected chi connectivity index (χ3v) is 3.70. The van der Waals surface area contributed by atoms with Crippen molar-refractivity contribution in [3.8, 4) is 0 Å². The molecule has 0 saturated carbocycles. The first-order valence-electron chi connectivity index (χ1n) is 5.39. The van der Waals surface area contributed by atoms with E-state index in [1.807, 2.05) is 19.9 Å². The molecule has 1 aromatic carbocycles. The highest BCUT2D eigenvalue weighted by Crippen LogP contribution is 2.27. The molecule has 0 aliphatic carbocycles. The van der Waals surface area contributed by atoms with Gasteiger partial charge in [-0.15, -0.1) is 0 Å². The third-order valence-electron chi connectivity index (χ3n) is 2.40. The van der Waals surface area contributed by atoms with Gasteiger partial charge in [0.2, 0.25) is 0 Å². The molecule has 0 amide bonds. The third kappa shape index (κ3) is 3.81. The molecule has 5 nitrogen and oxygen atoms in total. The number of aryl methyl sites for hydroxylation is 1. The van der Waals surface area contributed by atoms with E-state index >= 15 is 0 Å². The van der Waals surface area contributed by atoms with Crippen LogP contribution in [0.5, 0.6) is 0 Å². The average molecular weight is 256 g/mol. The zero-order valence-electron chi connectivity index (χ0n) is 9.93. The van der Waals surface area contributed by atoms with Crippen LogP contribution in [0.15, 0.2) is 18.2 Å². The summed E-state index contributed by atoms with van der Waals surface area (Å²) in [7, 11) is -0.857. The van der Waals surface area contributed by atoms with Crippen LogP contribution < -0.4 is 5.32 Å². The Morgan fingerprint density at radius 3 is 2.76 bits per heavy atom. The molecule has 0 bridgehead atoms. The molecule has 1 rings (SSSR count). The molecule has 1 aromatic rings. The minimum atomic E-state index is -0.857. The monoisotopic (exact) mass is 256 g/mol. The zero-order chi connectivity index (χ0) is 12.8. The SMILES string of the molecule is CCS(=O)CCNc1c(C)cccc1[N+](=O)[O-]. The Bertz CT molecular complexity index is 435. The topological polar surface area (TPSA) is 72.2 Å². The molecule has 1 N–H and O–H groups in total. The van der Waals surface area contributed by atoms with E-state index in [2.05, 4.69) is 5.32 Å². The van der Waals surface area contributed by atoms with E-state index in [0.29, 0.717) is 23.7 Å². The minimum Gasteiger partial charge on any atom is -0.378 e. The van der Waals surface area contributed by atoms with Crippen LogP contribution >= 0.6 is 0 Å². The van der Waals surface area contributed by atoms with Crippen LogP contribution in [0.4, 0.5) is 11.4 Å². The van der Waals surface area contributed by atoms with Crippen LogP contribution in [0.3, 0.4) is 0 Å². The van der Waals surface area contributed by atoms with Crippen molar-refractivity contribution in [2.75, 3.05) is 23.4 Å². The Labute approximate surface area is 103 Å². The van der Waals surface area contributed by atoms with Crippen molar-refractivity contribution in [1.29, 1.82) is 0 Å². The van der Waals surface area contributed by atoms with Crippen molar-refractivity contribution >= 4 is 22.2 Å². The first-order chi connectivity index (χ1) is 8.06. The lowest BCUT2D eigenvalue weighted by molar-refractivity contribution is -0.384. The Balaban J connectivity index is 2.76. The van der Waals surface area contributed by atoms with E-state index in [1.165, 1.54) is 6.07 Å². The first-order valence-corrected chi connectivity index (χ1v) is 6.88. The van der Waals surface area contributed by atoms with Gasteiger partial charge in [-0.25, -0.2) is 0 Å². The van der Waals surface area contributed by atoms with E-state index in [-0.39, 0.29) is 5.69 Å². The van der Waals surface area contributed by atoms with Gasteiger partial charge in [0, 0.05) is 34.9 Å². The molecular formula is C11H16N2O3S. The highest BCUT2D eigenvalue weighted by molar-refractivity contribution is 7.84. The Morgan fingerprint density at radius 2 is 2.18 bits per heavy atom. The molecule has 0 saturated heterocycles. The molecule has 0 radical (unpaired) electrons. The van der Waals surface area contributed by atoms with Crippen LogP contribution in [-0.2, 0) is 10.8 Å². The van der Waals surface area contributed by atoms with Gasteiger partial charge >= 0.3 is 0 Å². The lowest BCUT2D eigenvalue weighted by atomic mass is 10.1. The summed E-state index contributed by atoms with van der Waals surface area (Å²) in [6.45, 7) is 4.14. The van der Waals surface area contributed by atoms with Crippen LogP contribution in [0.1, 0.15) is 12.5 Å². The van der Waals surface area contributed by atoms with Crippen molar-refractivity contribution in [1.82, 2.24) is 0 Å². The summed E-state index contributed by atoms with van der Waals surface area (Å²) in [4.78, 5) is 10.4. The summed E-state index contributed by atoms with van der Waals surface area (Å²) < 4.78 is 11.2. The summed E-state index contributed by atoms with van der Waals surface area (Å²) in [5, 5.41) is 13.8. The Kier molecular flexibility index (Phi) is 5.09. The van der Waals surface area contributed by atoms with Crippen molar-refractivity contribution in [3.63, 3.8) is 0 Å². The van der Waals surface area contributed by atoms with Crippen LogP contribution in [0.25, 0.3) is 0 Å². The van der Waals surface area contributed by atoms with Gasteiger partial charge in [0.25, 0.3) is 5.69 Å². The molecule has 1 atom stereocenters. The Hall–Kier alpha value is -1.43. The molecule has 0 fully saturated rings. The van der Waals surface area contributed by atoms with E-state index in [4.69, 9.17) is 0 Å². The summed E-state index contributed by atoms with van der Waals surface area (Å²) in [5.74, 6) is 1.11. The molecule has 0 heterocycles. The number of para-hydroxylation sites is 1. The number of nitro groups is 1. The van der Waals surface area contributed by atoms with Crippen molar-refractivity contribution in [2.45, 2.75) is 13.8 Å². The molecule has 94 valence electrons. The normalized spacial score (nSPS) is 12.1. The van der Waals surface area contributed by atoms with Gasteiger partial charge < -0.3 is 5.32 Å². The van der Waals surface area contributed by atoms with E-state index < -0.39 is 15.7 Å². The first kappa shape index (κ1) is 13.6. The fraction of sp³-hybridized carbons (Fsp3) is 0.455. The van der Waals surface area contributed by atoms with Gasteiger partial charge in [0.05, 0.1) is 4.92 Å². The van der Waals surface area contributed by atoms with Crippen molar-refractivity contribution < 1.29 is 9.13 Å². The van der Waals surface area contributed by atoms with Crippen LogP contribution in [-0.4, -0.2) is 27.2 Å². The summed E-state index contributed by atoms with van der Waals surface area (Å²) in [5.41, 5.74) is 1.40. The summed E-state index contributed by atoms with van der Waals surface area (Å²) >= 11 is 0. The fourth-order valence-electron chi connectivity index (χ4n) is 1.47. The maximum absolute atomic E-state index is 11.2. The smallest absolute Gasteiger partial charge is 0.292 e. The van der Waals surface area contributed by atoms with Crippen molar-refractivity contribution in [3.05, 3.63) is 33.9 Å². The van der Waals surface area contributed by atoms with Crippen molar-refractivity contribution in [2.24, 2.45) is 0 Å². The number of nitrogens with one attached hydrogen (secondary N) is 1. The molecule has 0 aliphatic heterocycles. The number of rotatable bonds is 6. The predicted molar refractivity (Wildman–Crippen MR) is 69.9 cm³/mol. The van der Waals surface area contributed by atoms with Gasteiger partial charge in [-0.1, -0.05) is 19.1 Å². The molecule has 0 spiro atoms. The van der Waals surface area contributed by atoms with Crippen LogP contribution in [0, 0.1) is 17.0 Å². The number of nitrogens with zero attached hydrogens (tertiary/aromatic N) is 1. The zero-order valence-corrected chi connectivity index (χ0v) is 10.8. The molecule has 6 heteroatoms. The van der Waals surface area contributed by atoms with E-state index in [0.717, 1.165) is 5.56 Å². The molecular weight excluding hydrogens is 240 g/mol. The van der Waals surface area contributed by atoms with Gasteiger partial charge in [0.15, 0.2) is 0 Å².